The normalized spacial score (nSPS) is 14.2. The highest BCUT2D eigenvalue weighted by atomic mass is 19.4. The molecule has 0 saturated carbocycles. The van der Waals surface area contributed by atoms with E-state index in [2.05, 4.69) is 5.32 Å². The predicted octanol–water partition coefficient (Wildman–Crippen LogP) is 0.421. The fourth-order valence-corrected chi connectivity index (χ4v) is 1.67. The molecule has 0 saturated heterocycles. The maximum absolute atomic E-state index is 12.2. The molecule has 10 heteroatoms. The molecule has 0 bridgehead atoms. The van der Waals surface area contributed by atoms with Crippen LogP contribution in [0.25, 0.3) is 0 Å². The summed E-state index contributed by atoms with van der Waals surface area (Å²) in [5, 5.41) is 21.4. The number of halogens is 3. The van der Waals surface area contributed by atoms with Gasteiger partial charge >= 0.3 is 18.1 Å². The van der Waals surface area contributed by atoms with Crippen LogP contribution in [0, 0.1) is 5.92 Å². The Morgan fingerprint density at radius 1 is 1.09 bits per heavy atom. The second-order valence-corrected chi connectivity index (χ2v) is 5.48. The van der Waals surface area contributed by atoms with Crippen LogP contribution < -0.4 is 10.6 Å². The average molecular weight is 342 g/mol. The van der Waals surface area contributed by atoms with Crippen molar-refractivity contribution in [3.8, 4) is 0 Å². The van der Waals surface area contributed by atoms with Gasteiger partial charge in [-0.2, -0.15) is 13.2 Å². The minimum absolute atomic E-state index is 0.278. The number of amides is 2. The van der Waals surface area contributed by atoms with Crippen molar-refractivity contribution >= 4 is 17.8 Å². The molecule has 0 fully saturated rings. The molecule has 0 aromatic carbocycles. The van der Waals surface area contributed by atoms with Crippen molar-refractivity contribution in [1.29, 1.82) is 0 Å². The van der Waals surface area contributed by atoms with E-state index >= 15 is 0 Å². The summed E-state index contributed by atoms with van der Waals surface area (Å²) >= 11 is 0. The van der Waals surface area contributed by atoms with Crippen LogP contribution in [0.15, 0.2) is 0 Å². The van der Waals surface area contributed by atoms with Gasteiger partial charge in [0.2, 0.25) is 5.91 Å². The van der Waals surface area contributed by atoms with Gasteiger partial charge in [-0.25, -0.2) is 0 Å². The van der Waals surface area contributed by atoms with Gasteiger partial charge in [0.05, 0.1) is 19.1 Å². The molecule has 0 rings (SSSR count). The van der Waals surface area contributed by atoms with Gasteiger partial charge in [0.25, 0.3) is 0 Å². The van der Waals surface area contributed by atoms with Crippen molar-refractivity contribution in [2.24, 2.45) is 5.92 Å². The summed E-state index contributed by atoms with van der Waals surface area (Å²) in [4.78, 5) is 33.4. The van der Waals surface area contributed by atoms with Gasteiger partial charge in [-0.15, -0.1) is 0 Å². The molecule has 0 aliphatic heterocycles. The highest BCUT2D eigenvalue weighted by molar-refractivity contribution is 5.92. The molecule has 0 aliphatic rings. The van der Waals surface area contributed by atoms with E-state index < -0.39 is 49.1 Å². The lowest BCUT2D eigenvalue weighted by molar-refractivity contribution is -0.175. The number of carboxylic acids is 1. The van der Waals surface area contributed by atoms with Crippen molar-refractivity contribution < 1.29 is 37.8 Å². The monoisotopic (exact) mass is 342 g/mol. The van der Waals surface area contributed by atoms with Crippen molar-refractivity contribution in [1.82, 2.24) is 10.6 Å². The molecule has 0 radical (unpaired) electrons. The van der Waals surface area contributed by atoms with Crippen LogP contribution in [0.5, 0.6) is 0 Å². The SMILES string of the molecule is CC(C)CCC(CO)NC(=O)[C@H](CC(=O)O)NC(=O)C(F)(F)F. The van der Waals surface area contributed by atoms with E-state index in [9.17, 15) is 27.6 Å². The molecule has 0 aromatic rings. The van der Waals surface area contributed by atoms with Crippen molar-refractivity contribution in [3.63, 3.8) is 0 Å². The third-order valence-electron chi connectivity index (χ3n) is 2.92. The van der Waals surface area contributed by atoms with E-state index in [1.54, 1.807) is 0 Å². The standard InChI is InChI=1S/C13H21F3N2O5/c1-7(2)3-4-8(6-19)17-11(22)9(5-10(20)21)18-12(23)13(14,15)16/h7-9,19H,3-6H2,1-2H3,(H,17,22)(H,18,23)(H,20,21)/t8?,9-/m0/s1. The molecular formula is C13H21F3N2O5. The minimum Gasteiger partial charge on any atom is -0.481 e. The number of carbonyl (C=O) groups is 3. The number of hydrogen-bond acceptors (Lipinski definition) is 4. The van der Waals surface area contributed by atoms with Crippen LogP contribution in [0.4, 0.5) is 13.2 Å². The number of carbonyl (C=O) groups excluding carboxylic acids is 2. The fraction of sp³-hybridized carbons (Fsp3) is 0.769. The number of rotatable bonds is 9. The first-order valence-corrected chi connectivity index (χ1v) is 6.98. The summed E-state index contributed by atoms with van der Waals surface area (Å²) in [6.45, 7) is 3.37. The third kappa shape index (κ3) is 9.01. The Balaban J connectivity index is 4.85. The number of aliphatic hydroxyl groups is 1. The number of aliphatic carboxylic acids is 1. The molecule has 1 unspecified atom stereocenters. The molecule has 0 heterocycles. The fourth-order valence-electron chi connectivity index (χ4n) is 1.67. The summed E-state index contributed by atoms with van der Waals surface area (Å²) < 4.78 is 36.7. The van der Waals surface area contributed by atoms with Gasteiger partial charge in [-0.3, -0.25) is 14.4 Å². The van der Waals surface area contributed by atoms with Gasteiger partial charge in [0.1, 0.15) is 6.04 Å². The summed E-state index contributed by atoms with van der Waals surface area (Å²) in [6.07, 6.45) is -5.22. The first-order valence-electron chi connectivity index (χ1n) is 6.98. The van der Waals surface area contributed by atoms with Crippen molar-refractivity contribution in [2.75, 3.05) is 6.61 Å². The molecule has 4 N–H and O–H groups in total. The lowest BCUT2D eigenvalue weighted by Gasteiger charge is -2.22. The molecule has 0 aliphatic carbocycles. The first-order chi connectivity index (χ1) is 10.5. The van der Waals surface area contributed by atoms with Crippen LogP contribution in [0.1, 0.15) is 33.1 Å². The van der Waals surface area contributed by atoms with E-state index in [1.807, 2.05) is 13.8 Å². The molecule has 23 heavy (non-hydrogen) atoms. The molecule has 134 valence electrons. The summed E-state index contributed by atoms with van der Waals surface area (Å²) in [7, 11) is 0. The Labute approximate surface area is 131 Å². The summed E-state index contributed by atoms with van der Waals surface area (Å²) in [5.74, 6) is -4.76. The number of hydrogen-bond donors (Lipinski definition) is 4. The maximum Gasteiger partial charge on any atom is 0.471 e. The topological polar surface area (TPSA) is 116 Å². The maximum atomic E-state index is 12.2. The van der Waals surface area contributed by atoms with Gasteiger partial charge in [0.15, 0.2) is 0 Å². The van der Waals surface area contributed by atoms with Crippen LogP contribution in [0.3, 0.4) is 0 Å². The second-order valence-electron chi connectivity index (χ2n) is 5.48. The summed E-state index contributed by atoms with van der Waals surface area (Å²) in [5.41, 5.74) is 0. The van der Waals surface area contributed by atoms with Crippen LogP contribution in [0.2, 0.25) is 0 Å². The van der Waals surface area contributed by atoms with Gasteiger partial charge in [-0.05, 0) is 18.8 Å². The van der Waals surface area contributed by atoms with Gasteiger partial charge in [0, 0.05) is 0 Å². The van der Waals surface area contributed by atoms with E-state index in [0.29, 0.717) is 12.8 Å². The smallest absolute Gasteiger partial charge is 0.471 e. The van der Waals surface area contributed by atoms with Gasteiger partial charge < -0.3 is 20.8 Å². The molecule has 0 spiro atoms. The Morgan fingerprint density at radius 3 is 2.04 bits per heavy atom. The number of carboxylic acid groups (broad SMARTS) is 1. The third-order valence-corrected chi connectivity index (χ3v) is 2.92. The van der Waals surface area contributed by atoms with E-state index in [-0.39, 0.29) is 5.92 Å². The number of alkyl halides is 3. The highest BCUT2D eigenvalue weighted by Crippen LogP contribution is 2.15. The van der Waals surface area contributed by atoms with E-state index in [0.717, 1.165) is 0 Å². The first kappa shape index (κ1) is 21.2. The highest BCUT2D eigenvalue weighted by Gasteiger charge is 2.41. The summed E-state index contributed by atoms with van der Waals surface area (Å²) in [6, 6.07) is -2.61. The van der Waals surface area contributed by atoms with Crippen LogP contribution in [-0.2, 0) is 14.4 Å². The zero-order valence-corrected chi connectivity index (χ0v) is 12.8. The lowest BCUT2D eigenvalue weighted by Crippen LogP contribution is -2.53. The number of aliphatic hydroxyl groups excluding tert-OH is 1. The van der Waals surface area contributed by atoms with Crippen molar-refractivity contribution in [2.45, 2.75) is 51.4 Å². The Hall–Kier alpha value is -1.84. The zero-order chi connectivity index (χ0) is 18.2. The van der Waals surface area contributed by atoms with E-state index in [4.69, 9.17) is 10.2 Å². The number of nitrogens with one attached hydrogen (secondary N) is 2. The van der Waals surface area contributed by atoms with Crippen molar-refractivity contribution in [3.05, 3.63) is 0 Å². The minimum atomic E-state index is -5.23. The molecular weight excluding hydrogens is 321 g/mol. The zero-order valence-electron chi connectivity index (χ0n) is 12.8. The van der Waals surface area contributed by atoms with Crippen LogP contribution in [-0.4, -0.2) is 52.9 Å². The molecule has 0 aromatic heterocycles. The molecule has 2 atom stereocenters. The van der Waals surface area contributed by atoms with E-state index in [1.165, 1.54) is 5.32 Å². The largest absolute Gasteiger partial charge is 0.481 e. The molecule has 7 nitrogen and oxygen atoms in total. The quantitative estimate of drug-likeness (QED) is 0.485. The lowest BCUT2D eigenvalue weighted by atomic mass is 10.0. The Kier molecular flexibility index (Phi) is 8.59. The van der Waals surface area contributed by atoms with Gasteiger partial charge in [-0.1, -0.05) is 13.8 Å². The second kappa shape index (κ2) is 9.33. The Bertz CT molecular complexity index is 426. The Morgan fingerprint density at radius 2 is 1.65 bits per heavy atom. The van der Waals surface area contributed by atoms with Crippen LogP contribution >= 0.6 is 0 Å². The predicted molar refractivity (Wildman–Crippen MR) is 73.3 cm³/mol. The molecule has 2 amide bonds. The average Bonchev–Trinajstić information content (AvgIpc) is 2.40.